The molecule has 5 heteroatoms. The lowest BCUT2D eigenvalue weighted by molar-refractivity contribution is -0.140. The third-order valence-corrected chi connectivity index (χ3v) is 6.79. The molecule has 0 bridgehead atoms. The van der Waals surface area contributed by atoms with Crippen LogP contribution in [0.2, 0.25) is 5.02 Å². The second kappa shape index (κ2) is 8.27. The van der Waals surface area contributed by atoms with Gasteiger partial charge in [0.1, 0.15) is 11.9 Å². The van der Waals surface area contributed by atoms with E-state index >= 15 is 0 Å². The van der Waals surface area contributed by atoms with Gasteiger partial charge in [-0.1, -0.05) is 48.4 Å². The topological polar surface area (TPSA) is 42.4 Å². The largest absolute Gasteiger partial charge is 0.490 e. The number of pyridine rings is 1. The predicted molar refractivity (Wildman–Crippen MR) is 120 cm³/mol. The molecule has 30 heavy (non-hydrogen) atoms. The number of benzene rings is 2. The smallest absolute Gasteiger partial charge is 0.225 e. The van der Waals surface area contributed by atoms with Crippen molar-refractivity contribution in [2.24, 2.45) is 5.92 Å². The maximum absolute atomic E-state index is 12.4. The number of ether oxygens (including phenoxy) is 1. The highest BCUT2D eigenvalue weighted by Gasteiger charge is 2.32. The van der Waals surface area contributed by atoms with Gasteiger partial charge in [0.05, 0.1) is 10.5 Å². The molecule has 2 aromatic carbocycles. The molecule has 5 rings (SSSR count). The second-order valence-corrected chi connectivity index (χ2v) is 8.68. The molecule has 0 unspecified atom stereocenters. The number of carbonyl (C=O) groups excluding carboxylic acids is 1. The molecule has 1 amide bonds. The van der Waals surface area contributed by atoms with Gasteiger partial charge in [-0.15, -0.1) is 0 Å². The Labute approximate surface area is 181 Å². The van der Waals surface area contributed by atoms with Gasteiger partial charge < -0.3 is 9.64 Å². The maximum atomic E-state index is 12.4. The zero-order valence-corrected chi connectivity index (χ0v) is 17.6. The molecule has 4 nitrogen and oxygen atoms in total. The van der Waals surface area contributed by atoms with E-state index in [9.17, 15) is 4.79 Å². The number of aromatic nitrogens is 1. The number of carbonyl (C=O) groups is 1. The number of fused-ring (bicyclic) bond motifs is 1. The van der Waals surface area contributed by atoms with Gasteiger partial charge in [-0.2, -0.15) is 0 Å². The molecule has 1 aromatic heterocycles. The summed E-state index contributed by atoms with van der Waals surface area (Å²) >= 11 is 6.64. The molecule has 154 valence electrons. The third kappa shape index (κ3) is 3.77. The lowest BCUT2D eigenvalue weighted by Crippen LogP contribution is -2.45. The van der Waals surface area contributed by atoms with Gasteiger partial charge in [0.2, 0.25) is 5.91 Å². The minimum absolute atomic E-state index is 0.159. The average molecular weight is 421 g/mol. The average Bonchev–Trinajstić information content (AvgIpc) is 2.74. The quantitative estimate of drug-likeness (QED) is 0.541. The number of hydrogen-bond acceptors (Lipinski definition) is 3. The summed E-state index contributed by atoms with van der Waals surface area (Å²) in [6.45, 7) is 1.60. The van der Waals surface area contributed by atoms with E-state index in [4.69, 9.17) is 16.3 Å². The Morgan fingerprint density at radius 3 is 2.43 bits per heavy atom. The standard InChI is InChI=1S/C25H25ClN2O2/c26-24-21-6-1-2-7-23(21)27-16-22(24)17-8-10-19(11-9-17)30-20-12-14-28(15-13-20)25(29)18-4-3-5-18/h1-2,6-11,16,18,20H,3-5,12-15H2. The van der Waals surface area contributed by atoms with Crippen molar-refractivity contribution in [3.63, 3.8) is 0 Å². The first kappa shape index (κ1) is 19.4. The van der Waals surface area contributed by atoms with Crippen molar-refractivity contribution >= 4 is 28.4 Å². The van der Waals surface area contributed by atoms with Crippen molar-refractivity contribution in [2.45, 2.75) is 38.2 Å². The fraction of sp³-hybridized carbons (Fsp3) is 0.360. The monoisotopic (exact) mass is 420 g/mol. The number of piperidine rings is 1. The lowest BCUT2D eigenvalue weighted by atomic mass is 9.84. The molecular formula is C25H25ClN2O2. The van der Waals surface area contributed by atoms with E-state index in [1.165, 1.54) is 6.42 Å². The van der Waals surface area contributed by atoms with Gasteiger partial charge in [-0.3, -0.25) is 9.78 Å². The molecule has 3 aromatic rings. The maximum Gasteiger partial charge on any atom is 0.225 e. The molecule has 2 fully saturated rings. The van der Waals surface area contributed by atoms with Crippen LogP contribution in [0.5, 0.6) is 5.75 Å². The molecule has 2 aliphatic rings. The van der Waals surface area contributed by atoms with Crippen molar-refractivity contribution in [1.29, 1.82) is 0 Å². The van der Waals surface area contributed by atoms with E-state index in [0.717, 1.165) is 71.6 Å². The number of likely N-dealkylation sites (tertiary alicyclic amines) is 1. The Hall–Kier alpha value is -2.59. The van der Waals surface area contributed by atoms with Crippen molar-refractivity contribution in [3.8, 4) is 16.9 Å². The lowest BCUT2D eigenvalue weighted by Gasteiger charge is -2.36. The van der Waals surface area contributed by atoms with Crippen LogP contribution in [0.25, 0.3) is 22.0 Å². The van der Waals surface area contributed by atoms with Crippen molar-refractivity contribution in [2.75, 3.05) is 13.1 Å². The van der Waals surface area contributed by atoms with Crippen LogP contribution in [0.1, 0.15) is 32.1 Å². The highest BCUT2D eigenvalue weighted by atomic mass is 35.5. The SMILES string of the molecule is O=C(C1CCC1)N1CCC(Oc2ccc(-c3cnc4ccccc4c3Cl)cc2)CC1. The minimum atomic E-state index is 0.159. The van der Waals surface area contributed by atoms with Gasteiger partial charge in [0, 0.05) is 49.0 Å². The van der Waals surface area contributed by atoms with Crippen LogP contribution >= 0.6 is 11.6 Å². The van der Waals surface area contributed by atoms with E-state index < -0.39 is 0 Å². The molecule has 0 atom stereocenters. The van der Waals surface area contributed by atoms with Gasteiger partial charge in [-0.25, -0.2) is 0 Å². The first-order valence-electron chi connectivity index (χ1n) is 10.8. The van der Waals surface area contributed by atoms with Crippen LogP contribution in [0.15, 0.2) is 54.7 Å². The van der Waals surface area contributed by atoms with Crippen molar-refractivity contribution in [1.82, 2.24) is 9.88 Å². The Morgan fingerprint density at radius 1 is 1.00 bits per heavy atom. The van der Waals surface area contributed by atoms with Crippen molar-refractivity contribution in [3.05, 3.63) is 59.8 Å². The summed E-state index contributed by atoms with van der Waals surface area (Å²) in [4.78, 5) is 19.0. The summed E-state index contributed by atoms with van der Waals surface area (Å²) in [5, 5.41) is 1.68. The van der Waals surface area contributed by atoms with Gasteiger partial charge in [0.15, 0.2) is 0 Å². The number of para-hydroxylation sites is 1. The number of hydrogen-bond donors (Lipinski definition) is 0. The van der Waals surface area contributed by atoms with Crippen LogP contribution in [0, 0.1) is 5.92 Å². The van der Waals surface area contributed by atoms with E-state index in [-0.39, 0.29) is 12.0 Å². The Balaban J connectivity index is 1.23. The van der Waals surface area contributed by atoms with E-state index in [0.29, 0.717) is 5.91 Å². The first-order valence-corrected chi connectivity index (χ1v) is 11.2. The van der Waals surface area contributed by atoms with E-state index in [1.54, 1.807) is 0 Å². The second-order valence-electron chi connectivity index (χ2n) is 8.30. The number of amides is 1. The van der Waals surface area contributed by atoms with Crippen molar-refractivity contribution < 1.29 is 9.53 Å². The highest BCUT2D eigenvalue weighted by Crippen LogP contribution is 2.34. The fourth-order valence-electron chi connectivity index (χ4n) is 4.32. The number of halogens is 1. The van der Waals surface area contributed by atoms with Crippen LogP contribution in [-0.4, -0.2) is 35.0 Å². The van der Waals surface area contributed by atoms with E-state index in [1.807, 2.05) is 59.6 Å². The summed E-state index contributed by atoms with van der Waals surface area (Å²) in [6.07, 6.45) is 7.10. The Bertz CT molecular complexity index is 1050. The summed E-state index contributed by atoms with van der Waals surface area (Å²) in [5.74, 6) is 1.49. The molecule has 2 heterocycles. The summed E-state index contributed by atoms with van der Waals surface area (Å²) in [7, 11) is 0. The van der Waals surface area contributed by atoms with Gasteiger partial charge in [-0.05, 0) is 36.6 Å². The van der Waals surface area contributed by atoms with Gasteiger partial charge >= 0.3 is 0 Å². The van der Waals surface area contributed by atoms with Crippen LogP contribution in [0.3, 0.4) is 0 Å². The predicted octanol–water partition coefficient (Wildman–Crippen LogP) is 5.73. The molecule has 0 radical (unpaired) electrons. The summed E-state index contributed by atoms with van der Waals surface area (Å²) in [5.41, 5.74) is 2.84. The Morgan fingerprint density at radius 2 is 1.73 bits per heavy atom. The number of rotatable bonds is 4. The summed E-state index contributed by atoms with van der Waals surface area (Å²) in [6, 6.07) is 15.9. The van der Waals surface area contributed by atoms with E-state index in [2.05, 4.69) is 4.98 Å². The zero-order chi connectivity index (χ0) is 20.5. The zero-order valence-electron chi connectivity index (χ0n) is 16.9. The van der Waals surface area contributed by atoms with Gasteiger partial charge in [0.25, 0.3) is 0 Å². The normalized spacial score (nSPS) is 17.7. The molecule has 1 saturated carbocycles. The minimum Gasteiger partial charge on any atom is -0.490 e. The Kier molecular flexibility index (Phi) is 5.34. The molecule has 1 saturated heterocycles. The highest BCUT2D eigenvalue weighted by molar-refractivity contribution is 6.38. The molecule has 0 spiro atoms. The third-order valence-electron chi connectivity index (χ3n) is 6.39. The molecule has 0 N–H and O–H groups in total. The molecule has 1 aliphatic carbocycles. The molecular weight excluding hydrogens is 396 g/mol. The molecule has 1 aliphatic heterocycles. The first-order chi connectivity index (χ1) is 14.7. The fourth-order valence-corrected chi connectivity index (χ4v) is 4.64. The van der Waals surface area contributed by atoms with Crippen LogP contribution in [-0.2, 0) is 4.79 Å². The number of nitrogens with zero attached hydrogens (tertiary/aromatic N) is 2. The van der Waals surface area contributed by atoms with Crippen LogP contribution < -0.4 is 4.74 Å². The summed E-state index contributed by atoms with van der Waals surface area (Å²) < 4.78 is 6.19. The van der Waals surface area contributed by atoms with Crippen LogP contribution in [0.4, 0.5) is 0 Å².